The molecule has 3 fully saturated rings. The van der Waals surface area contributed by atoms with Crippen LogP contribution in [0.25, 0.3) is 0 Å². The number of carbonyl (C=O) groups excluding carboxylic acids is 4. The van der Waals surface area contributed by atoms with E-state index in [1.54, 1.807) is 16.8 Å². The minimum atomic E-state index is -4.08. The van der Waals surface area contributed by atoms with Crippen LogP contribution in [-0.2, 0) is 33.7 Å². The quantitative estimate of drug-likeness (QED) is 0.0983. The molecule has 350 valence electrons. The second-order valence-corrected chi connectivity index (χ2v) is 19.6. The Morgan fingerprint density at radius 2 is 1.19 bits per heavy atom. The van der Waals surface area contributed by atoms with Crippen LogP contribution < -0.4 is 20.9 Å². The molecule has 0 radical (unpaired) electrons. The Bertz CT molecular complexity index is 2290. The number of nitrogens with zero attached hydrogens (tertiary/aromatic N) is 4. The Hall–Kier alpha value is -4.50. The molecule has 2 aliphatic carbocycles. The molecule has 3 aliphatic rings. The highest BCUT2D eigenvalue weighted by Gasteiger charge is 2.35. The van der Waals surface area contributed by atoms with Crippen molar-refractivity contribution in [2.24, 2.45) is 28.0 Å². The monoisotopic (exact) mass is 966 g/mol. The Morgan fingerprint density at radius 3 is 1.59 bits per heavy atom. The maximum Gasteiger partial charge on any atom is 0.333 e. The Kier molecular flexibility index (Phi) is 19.2. The van der Waals surface area contributed by atoms with Crippen LogP contribution in [-0.4, -0.2) is 110 Å². The highest BCUT2D eigenvalue weighted by molar-refractivity contribution is 7.84. The first-order chi connectivity index (χ1) is 29.8. The highest BCUT2D eigenvalue weighted by atomic mass is 32.2. The van der Waals surface area contributed by atoms with Gasteiger partial charge in [0, 0.05) is 65.5 Å². The van der Waals surface area contributed by atoms with Crippen molar-refractivity contribution in [2.45, 2.75) is 84.9 Å². The Balaban J connectivity index is 0.000000249. The second-order valence-electron chi connectivity index (χ2n) is 15.3. The molecule has 0 bridgehead atoms. The SMILES string of the molecule is C.C1CCOC1.CC(=O)c1csc(C(=O)c2cncnc2N[C@@H]2C[C@H](COS(N)(=O)=O)[C@@H](C)C2)c1.CC(=O)c1csc(C(=O)c2cncnc2N[C@@H]2C[C@H](COS(N)(=O)=O)[C@@H](O)C2)c1. The number of thiophene rings is 2. The summed E-state index contributed by atoms with van der Waals surface area (Å²) in [7, 11) is -8.06. The van der Waals surface area contributed by atoms with Crippen LogP contribution >= 0.6 is 22.7 Å². The van der Waals surface area contributed by atoms with Crippen molar-refractivity contribution in [1.82, 2.24) is 19.9 Å². The zero-order valence-corrected chi connectivity index (χ0v) is 37.9. The third kappa shape index (κ3) is 15.6. The number of hydrogen-bond acceptors (Lipinski definition) is 20. The molecule has 4 aromatic heterocycles. The molecule has 4 aromatic rings. The number of ether oxygens (including phenoxy) is 1. The van der Waals surface area contributed by atoms with Gasteiger partial charge in [-0.2, -0.15) is 16.8 Å². The van der Waals surface area contributed by atoms with Gasteiger partial charge in [-0.25, -0.2) is 30.2 Å². The molecule has 1 saturated heterocycles. The lowest BCUT2D eigenvalue weighted by Crippen LogP contribution is -2.24. The second kappa shape index (κ2) is 23.6. The summed E-state index contributed by atoms with van der Waals surface area (Å²) in [6, 6.07) is 2.85. The standard InChI is InChI=1S/C18H22N4O5S2.C17H20N4O6S2.C4H8O.CH4/c1-10-3-14(4-12(10)7-27-29(19,25)26)22-18-15(6-20-9-21-18)17(24)16-5-13(8-28-16)11(2)23;1-9(22)11-3-15(28-7-11)16(24)13-5-19-8-20-17(13)21-12-2-10(14(23)4-12)6-27-29(18,25)26;1-2-4-5-3-1;/h5-6,8-10,12,14H,3-4,7H2,1-2H3,(H2,19,25,26)(H,20,21,22);3,5,7-8,10,12,14,23H,2,4,6H2,1H3,(H2,18,25,26)(H,19,20,21);1-4H2;1H4/t10-,12+,14-;10-,12-,14+;;/m01../s1. The van der Waals surface area contributed by atoms with Gasteiger partial charge in [-0.3, -0.25) is 27.5 Å². The minimum absolute atomic E-state index is 0. The number of ketones is 4. The van der Waals surface area contributed by atoms with Gasteiger partial charge in [0.05, 0.1) is 40.2 Å². The lowest BCUT2D eigenvalue weighted by molar-refractivity contribution is 0.100. The van der Waals surface area contributed by atoms with E-state index in [0.717, 1.165) is 31.0 Å². The lowest BCUT2D eigenvalue weighted by Gasteiger charge is -2.15. The predicted octanol–water partition coefficient (Wildman–Crippen LogP) is 4.19. The fourth-order valence-electron chi connectivity index (χ4n) is 7.11. The summed E-state index contributed by atoms with van der Waals surface area (Å²) in [4.78, 5) is 65.8. The molecule has 1 aliphatic heterocycles. The molecule has 6 atom stereocenters. The maximum atomic E-state index is 12.9. The first-order valence-corrected chi connectivity index (χ1v) is 24.5. The molecular formula is C40H54N8O12S4. The number of Topliss-reactive ketones (excluding diaryl/α,β-unsaturated/α-hetero) is 2. The maximum absolute atomic E-state index is 12.9. The van der Waals surface area contributed by atoms with Crippen LogP contribution in [0.15, 0.2) is 47.9 Å². The van der Waals surface area contributed by atoms with Crippen LogP contribution in [0.1, 0.15) is 118 Å². The van der Waals surface area contributed by atoms with E-state index in [9.17, 15) is 41.1 Å². The van der Waals surface area contributed by atoms with E-state index in [-0.39, 0.29) is 73.3 Å². The molecule has 24 heteroatoms. The topological polar surface area (TPSA) is 312 Å². The number of aromatic nitrogens is 4. The molecule has 7 rings (SSSR count). The molecule has 7 N–H and O–H groups in total. The number of carbonyl (C=O) groups is 4. The van der Waals surface area contributed by atoms with Gasteiger partial charge < -0.3 is 20.5 Å². The molecule has 20 nitrogen and oxygen atoms in total. The number of nitrogens with one attached hydrogen (secondary N) is 2. The van der Waals surface area contributed by atoms with E-state index in [1.807, 2.05) is 6.92 Å². The van der Waals surface area contributed by atoms with E-state index >= 15 is 0 Å². The van der Waals surface area contributed by atoms with E-state index in [4.69, 9.17) is 19.2 Å². The first kappa shape index (κ1) is 52.1. The van der Waals surface area contributed by atoms with Crippen LogP contribution in [0.2, 0.25) is 0 Å². The van der Waals surface area contributed by atoms with Crippen LogP contribution in [0, 0.1) is 17.8 Å². The fourth-order valence-corrected chi connectivity index (χ4v) is 9.64. The summed E-state index contributed by atoms with van der Waals surface area (Å²) in [5, 5.41) is 29.6. The zero-order valence-electron chi connectivity index (χ0n) is 34.7. The van der Waals surface area contributed by atoms with E-state index in [0.29, 0.717) is 57.3 Å². The molecule has 5 heterocycles. The predicted molar refractivity (Wildman–Crippen MR) is 240 cm³/mol. The van der Waals surface area contributed by atoms with Crippen molar-refractivity contribution in [3.8, 4) is 0 Å². The average Bonchev–Trinajstić information content (AvgIpc) is 4.08. The van der Waals surface area contributed by atoms with Gasteiger partial charge in [0.1, 0.15) is 24.3 Å². The van der Waals surface area contributed by atoms with Crippen LogP contribution in [0.4, 0.5) is 11.6 Å². The first-order valence-electron chi connectivity index (χ1n) is 19.8. The van der Waals surface area contributed by atoms with Gasteiger partial charge in [0.2, 0.25) is 11.6 Å². The summed E-state index contributed by atoms with van der Waals surface area (Å²) in [5.74, 6) is -0.300. The third-order valence-corrected chi connectivity index (χ3v) is 13.3. The zero-order chi connectivity index (χ0) is 45.9. The summed E-state index contributed by atoms with van der Waals surface area (Å²) in [6.07, 6.45) is 9.40. The van der Waals surface area contributed by atoms with E-state index < -0.39 is 32.6 Å². The summed E-state index contributed by atoms with van der Waals surface area (Å²) in [5.41, 5.74) is 1.51. The Morgan fingerprint density at radius 1 is 0.750 bits per heavy atom. The van der Waals surface area contributed by atoms with Gasteiger partial charge in [0.25, 0.3) is 0 Å². The third-order valence-electron chi connectivity index (χ3n) is 10.5. The van der Waals surface area contributed by atoms with Gasteiger partial charge in [-0.05, 0) is 76.3 Å². The van der Waals surface area contributed by atoms with Crippen molar-refractivity contribution >= 4 is 78.1 Å². The van der Waals surface area contributed by atoms with Crippen molar-refractivity contribution < 1.29 is 54.2 Å². The molecule has 2 saturated carbocycles. The number of anilines is 2. The molecule has 0 amide bonds. The number of hydrogen-bond donors (Lipinski definition) is 5. The van der Waals surface area contributed by atoms with Crippen molar-refractivity contribution in [2.75, 3.05) is 37.1 Å². The lowest BCUT2D eigenvalue weighted by atomic mass is 10.00. The van der Waals surface area contributed by atoms with Crippen LogP contribution in [0.5, 0.6) is 0 Å². The normalized spacial score (nSPS) is 21.7. The largest absolute Gasteiger partial charge is 0.393 e. The summed E-state index contributed by atoms with van der Waals surface area (Å²) in [6.45, 7) is 6.69. The van der Waals surface area contributed by atoms with Gasteiger partial charge >= 0.3 is 20.6 Å². The number of aliphatic hydroxyl groups is 1. The van der Waals surface area contributed by atoms with Gasteiger partial charge in [-0.1, -0.05) is 14.4 Å². The number of aliphatic hydroxyl groups excluding tert-OH is 1. The molecule has 64 heavy (non-hydrogen) atoms. The molecular weight excluding hydrogens is 913 g/mol. The van der Waals surface area contributed by atoms with Gasteiger partial charge in [0.15, 0.2) is 11.6 Å². The van der Waals surface area contributed by atoms with E-state index in [2.05, 4.69) is 34.8 Å². The summed E-state index contributed by atoms with van der Waals surface area (Å²) >= 11 is 2.37. The van der Waals surface area contributed by atoms with Crippen LogP contribution in [0.3, 0.4) is 0 Å². The highest BCUT2D eigenvalue weighted by Crippen LogP contribution is 2.35. The van der Waals surface area contributed by atoms with Gasteiger partial charge in [-0.15, -0.1) is 22.7 Å². The molecule has 0 spiro atoms. The molecule has 0 aromatic carbocycles. The Labute approximate surface area is 380 Å². The van der Waals surface area contributed by atoms with Crippen molar-refractivity contribution in [3.63, 3.8) is 0 Å². The fraction of sp³-hybridized carbons (Fsp3) is 0.500. The van der Waals surface area contributed by atoms with E-state index in [1.165, 1.54) is 69.1 Å². The van der Waals surface area contributed by atoms with Crippen molar-refractivity contribution in [1.29, 1.82) is 0 Å². The number of nitrogens with two attached hydrogens (primary N) is 2. The number of rotatable bonds is 16. The molecule has 0 unspecified atom stereocenters. The smallest absolute Gasteiger partial charge is 0.333 e. The minimum Gasteiger partial charge on any atom is -0.393 e. The average molecular weight is 967 g/mol. The van der Waals surface area contributed by atoms with Crippen molar-refractivity contribution in [3.05, 3.63) is 79.9 Å². The summed E-state index contributed by atoms with van der Waals surface area (Å²) < 4.78 is 58.2.